The van der Waals surface area contributed by atoms with Crippen LogP contribution < -0.4 is 10.2 Å². The van der Waals surface area contributed by atoms with Gasteiger partial charge in [0.25, 0.3) is 5.91 Å². The quantitative estimate of drug-likeness (QED) is 0.717. The fraction of sp³-hybridized carbons (Fsp3) is 0.389. The Labute approximate surface area is 165 Å². The molecule has 1 aliphatic heterocycles. The van der Waals surface area contributed by atoms with Crippen molar-refractivity contribution in [3.8, 4) is 0 Å². The minimum absolute atomic E-state index is 0. The lowest BCUT2D eigenvalue weighted by Crippen LogP contribution is -2.45. The van der Waals surface area contributed by atoms with E-state index in [2.05, 4.69) is 30.7 Å². The van der Waals surface area contributed by atoms with Gasteiger partial charge in [-0.2, -0.15) is 13.2 Å². The lowest BCUT2D eigenvalue weighted by Gasteiger charge is -2.32. The maximum Gasteiger partial charge on any atom is 0.416 e. The number of carbonyl (C=O) groups excluding carboxylic acids is 1. The standard InChI is InChI=1S/C18H18F3N7O.H2/c1-27-17(24-25-26-27)28-6-4-14(5-7-28)23-16(29)12-8-11-2-3-13(18(19,20)21)9-15(11)22-10-12;/h2-3,8-10,14H,4-7H2,1H3,(H,23,29);1H. The molecule has 1 saturated heterocycles. The molecular formula is C18H20F3N7O. The minimum atomic E-state index is -4.43. The summed E-state index contributed by atoms with van der Waals surface area (Å²) in [5.74, 6) is 0.393. The number of pyridine rings is 1. The first-order valence-corrected chi connectivity index (χ1v) is 9.06. The van der Waals surface area contributed by atoms with Gasteiger partial charge in [-0.05, 0) is 41.5 Å². The molecule has 1 fully saturated rings. The number of aryl methyl sites for hydroxylation is 1. The Morgan fingerprint density at radius 3 is 2.66 bits per heavy atom. The summed E-state index contributed by atoms with van der Waals surface area (Å²) in [5, 5.41) is 14.9. The van der Waals surface area contributed by atoms with Gasteiger partial charge in [-0.1, -0.05) is 11.2 Å². The number of tetrazole rings is 1. The first-order chi connectivity index (χ1) is 13.8. The fourth-order valence-electron chi connectivity index (χ4n) is 3.41. The maximum absolute atomic E-state index is 12.8. The Kier molecular flexibility index (Phi) is 4.81. The number of amides is 1. The Morgan fingerprint density at radius 1 is 1.24 bits per heavy atom. The Balaban J connectivity index is 0.00000256. The molecule has 2 aromatic heterocycles. The van der Waals surface area contributed by atoms with Gasteiger partial charge >= 0.3 is 6.18 Å². The third-order valence-electron chi connectivity index (χ3n) is 4.98. The Hall–Kier alpha value is -3.24. The molecule has 3 aromatic rings. The first-order valence-electron chi connectivity index (χ1n) is 9.06. The SMILES string of the molecule is Cn1nnnc1N1CCC(NC(=O)c2cnc3cc(C(F)(F)F)ccc3c2)CC1.[HH]. The van der Waals surface area contributed by atoms with E-state index in [4.69, 9.17) is 0 Å². The van der Waals surface area contributed by atoms with Crippen molar-refractivity contribution in [2.24, 2.45) is 7.05 Å². The van der Waals surface area contributed by atoms with Gasteiger partial charge in [-0.3, -0.25) is 9.78 Å². The summed E-state index contributed by atoms with van der Waals surface area (Å²) in [4.78, 5) is 18.7. The highest BCUT2D eigenvalue weighted by atomic mass is 19.4. The van der Waals surface area contributed by atoms with Crippen molar-refractivity contribution >= 4 is 22.8 Å². The van der Waals surface area contributed by atoms with Gasteiger partial charge in [0.15, 0.2) is 0 Å². The topological polar surface area (TPSA) is 88.8 Å². The monoisotopic (exact) mass is 407 g/mol. The summed E-state index contributed by atoms with van der Waals surface area (Å²) >= 11 is 0. The summed E-state index contributed by atoms with van der Waals surface area (Å²) in [5.41, 5.74) is -0.251. The van der Waals surface area contributed by atoms with E-state index in [1.165, 1.54) is 12.3 Å². The van der Waals surface area contributed by atoms with Crippen LogP contribution in [-0.2, 0) is 13.2 Å². The van der Waals surface area contributed by atoms with Crippen LogP contribution in [0.15, 0.2) is 30.5 Å². The van der Waals surface area contributed by atoms with Crippen LogP contribution >= 0.6 is 0 Å². The molecule has 0 atom stereocenters. The van der Waals surface area contributed by atoms with E-state index in [0.717, 1.165) is 25.0 Å². The number of aromatic nitrogens is 5. The predicted octanol–water partition coefficient (Wildman–Crippen LogP) is 2.42. The third-order valence-corrected chi connectivity index (χ3v) is 4.98. The van der Waals surface area contributed by atoms with Crippen LogP contribution in [0.1, 0.15) is 30.2 Å². The maximum atomic E-state index is 12.8. The van der Waals surface area contributed by atoms with Crippen LogP contribution in [0.25, 0.3) is 10.9 Å². The number of piperidine rings is 1. The summed E-state index contributed by atoms with van der Waals surface area (Å²) in [7, 11) is 1.77. The number of halogens is 3. The second kappa shape index (κ2) is 7.30. The van der Waals surface area contributed by atoms with E-state index in [1.54, 1.807) is 17.8 Å². The van der Waals surface area contributed by atoms with Crippen molar-refractivity contribution in [3.05, 3.63) is 41.6 Å². The number of anilines is 1. The van der Waals surface area contributed by atoms with Crippen LogP contribution in [0.3, 0.4) is 0 Å². The zero-order valence-corrected chi connectivity index (χ0v) is 15.5. The molecule has 11 heteroatoms. The molecule has 0 radical (unpaired) electrons. The zero-order chi connectivity index (χ0) is 20.6. The van der Waals surface area contributed by atoms with Crippen molar-refractivity contribution in [3.63, 3.8) is 0 Å². The number of nitrogens with zero attached hydrogens (tertiary/aromatic N) is 6. The van der Waals surface area contributed by atoms with Crippen molar-refractivity contribution in [1.82, 2.24) is 30.5 Å². The van der Waals surface area contributed by atoms with E-state index in [-0.39, 0.29) is 18.9 Å². The molecule has 0 bridgehead atoms. The predicted molar refractivity (Wildman–Crippen MR) is 100 cm³/mol. The second-order valence-electron chi connectivity index (χ2n) is 6.97. The van der Waals surface area contributed by atoms with Crippen LogP contribution in [0.4, 0.5) is 19.1 Å². The molecule has 29 heavy (non-hydrogen) atoms. The van der Waals surface area contributed by atoms with E-state index in [9.17, 15) is 18.0 Å². The van der Waals surface area contributed by atoms with Gasteiger partial charge in [-0.25, -0.2) is 4.68 Å². The van der Waals surface area contributed by atoms with Crippen LogP contribution in [-0.4, -0.2) is 50.2 Å². The summed E-state index contributed by atoms with van der Waals surface area (Å²) in [6.07, 6.45) is -1.66. The van der Waals surface area contributed by atoms with Gasteiger partial charge in [0.1, 0.15) is 0 Å². The largest absolute Gasteiger partial charge is 0.416 e. The van der Waals surface area contributed by atoms with Crippen LogP contribution in [0.5, 0.6) is 0 Å². The molecule has 1 aromatic carbocycles. The van der Waals surface area contributed by atoms with E-state index in [1.807, 2.05) is 0 Å². The van der Waals surface area contributed by atoms with Crippen molar-refractivity contribution < 1.29 is 19.4 Å². The molecule has 154 valence electrons. The number of carbonyl (C=O) groups is 1. The highest BCUT2D eigenvalue weighted by Crippen LogP contribution is 2.31. The summed E-state index contributed by atoms with van der Waals surface area (Å²) in [6, 6.07) is 4.84. The molecule has 0 aliphatic carbocycles. The summed E-state index contributed by atoms with van der Waals surface area (Å²) < 4.78 is 40.0. The molecule has 1 amide bonds. The minimum Gasteiger partial charge on any atom is -0.349 e. The number of benzene rings is 1. The average molecular weight is 407 g/mol. The molecule has 0 unspecified atom stereocenters. The van der Waals surface area contributed by atoms with Crippen molar-refractivity contribution in [2.75, 3.05) is 18.0 Å². The first kappa shape index (κ1) is 19.1. The molecule has 0 saturated carbocycles. The van der Waals surface area contributed by atoms with Crippen LogP contribution in [0.2, 0.25) is 0 Å². The van der Waals surface area contributed by atoms with Gasteiger partial charge in [0.2, 0.25) is 5.95 Å². The fourth-order valence-corrected chi connectivity index (χ4v) is 3.41. The second-order valence-corrected chi connectivity index (χ2v) is 6.97. The molecule has 0 spiro atoms. The Bertz CT molecular complexity index is 1050. The number of nitrogens with one attached hydrogen (secondary N) is 1. The lowest BCUT2D eigenvalue weighted by molar-refractivity contribution is -0.137. The van der Waals surface area contributed by atoms with Crippen molar-refractivity contribution in [2.45, 2.75) is 25.1 Å². The van der Waals surface area contributed by atoms with E-state index >= 15 is 0 Å². The highest BCUT2D eigenvalue weighted by Gasteiger charge is 2.30. The summed E-state index contributed by atoms with van der Waals surface area (Å²) in [6.45, 7) is 1.41. The molecule has 1 aliphatic rings. The molecule has 8 nitrogen and oxygen atoms in total. The Morgan fingerprint density at radius 2 is 2.00 bits per heavy atom. The molecule has 1 N–H and O–H groups in total. The molecular weight excluding hydrogens is 387 g/mol. The van der Waals surface area contributed by atoms with Crippen molar-refractivity contribution in [1.29, 1.82) is 0 Å². The number of hydrogen-bond donors (Lipinski definition) is 1. The number of fused-ring (bicyclic) bond motifs is 1. The van der Waals surface area contributed by atoms with Gasteiger partial charge in [0, 0.05) is 39.2 Å². The third kappa shape index (κ3) is 3.98. The normalized spacial score (nSPS) is 15.7. The molecule has 3 heterocycles. The highest BCUT2D eigenvalue weighted by molar-refractivity contribution is 5.97. The lowest BCUT2D eigenvalue weighted by atomic mass is 10.0. The number of hydrogen-bond acceptors (Lipinski definition) is 6. The number of rotatable bonds is 3. The van der Waals surface area contributed by atoms with Gasteiger partial charge in [0.05, 0.1) is 16.6 Å². The smallest absolute Gasteiger partial charge is 0.349 e. The molecule has 4 rings (SSSR count). The van der Waals surface area contributed by atoms with E-state index < -0.39 is 11.7 Å². The zero-order valence-electron chi connectivity index (χ0n) is 15.5. The average Bonchev–Trinajstić information content (AvgIpc) is 3.13. The van der Waals surface area contributed by atoms with Gasteiger partial charge in [-0.15, -0.1) is 0 Å². The number of alkyl halides is 3. The van der Waals surface area contributed by atoms with E-state index in [0.29, 0.717) is 30.0 Å². The van der Waals surface area contributed by atoms with Crippen LogP contribution in [0, 0.1) is 0 Å². The van der Waals surface area contributed by atoms with Gasteiger partial charge < -0.3 is 10.2 Å².